The monoisotopic (exact) mass is 475 g/mol. The Labute approximate surface area is 132 Å². The van der Waals surface area contributed by atoms with E-state index in [9.17, 15) is 4.79 Å². The van der Waals surface area contributed by atoms with Gasteiger partial charge in [0.1, 0.15) is 5.78 Å². The van der Waals surface area contributed by atoms with Crippen LogP contribution in [0.4, 0.5) is 0 Å². The van der Waals surface area contributed by atoms with E-state index in [0.717, 1.165) is 16.4 Å². The first-order valence-electron chi connectivity index (χ1n) is 4.98. The van der Waals surface area contributed by atoms with Crippen molar-refractivity contribution >= 4 is 17.5 Å². The molecule has 0 radical (unpaired) electrons. The first-order valence-corrected chi connectivity index (χ1v) is 5.96. The van der Waals surface area contributed by atoms with Gasteiger partial charge in [-0.15, -0.1) is 11.8 Å². The summed E-state index contributed by atoms with van der Waals surface area (Å²) in [6, 6.07) is 0. The summed E-state index contributed by atoms with van der Waals surface area (Å²) < 4.78 is 0. The maximum absolute atomic E-state index is 10.9. The van der Waals surface area contributed by atoms with Crippen molar-refractivity contribution in [3.63, 3.8) is 0 Å². The summed E-state index contributed by atoms with van der Waals surface area (Å²) in [6.45, 7) is 13.4. The molecule has 0 heterocycles. The zero-order chi connectivity index (χ0) is 12.6. The molecule has 0 saturated carbocycles. The number of allylic oxidation sites excluding steroid dienone is 2. The Kier molecular flexibility index (Phi) is 12.4. The molecule has 0 aliphatic rings. The molecule has 0 aliphatic heterocycles. The molecule has 0 fully saturated rings. The molecule has 92 valence electrons. The number of carbonyl (C=O) groups is 1. The van der Waals surface area contributed by atoms with Crippen LogP contribution in [0.25, 0.3) is 0 Å². The van der Waals surface area contributed by atoms with Crippen LogP contribution in [0.15, 0.2) is 48.6 Å². The van der Waals surface area contributed by atoms with Crippen molar-refractivity contribution in [1.29, 1.82) is 0 Å². The van der Waals surface area contributed by atoms with E-state index in [4.69, 9.17) is 0 Å². The number of ketones is 1. The van der Waals surface area contributed by atoms with Crippen molar-refractivity contribution in [2.75, 3.05) is 19.3 Å². The quantitative estimate of drug-likeness (QED) is 0.504. The number of hydrogen-bond donors (Lipinski definition) is 0. The topological polar surface area (TPSA) is 20.3 Å². The van der Waals surface area contributed by atoms with Crippen LogP contribution in [0.5, 0.6) is 0 Å². The number of hydrogen-bond acceptors (Lipinski definition) is 3. The molecule has 0 bridgehead atoms. The zero-order valence-corrected chi connectivity index (χ0v) is 15.5. The molecule has 0 aromatic rings. The van der Waals surface area contributed by atoms with Crippen LogP contribution in [-0.4, -0.2) is 30.0 Å². The Morgan fingerprint density at radius 1 is 1.41 bits per heavy atom. The minimum Gasteiger partial charge on any atom is -0.367 e. The van der Waals surface area contributed by atoms with E-state index in [-0.39, 0.29) is 36.9 Å². The van der Waals surface area contributed by atoms with E-state index in [0.29, 0.717) is 6.54 Å². The molecular weight excluding hydrogens is 456 g/mol. The number of nitrogens with zero attached hydrogens (tertiary/aromatic N) is 1. The van der Waals surface area contributed by atoms with E-state index in [1.54, 1.807) is 24.8 Å². The summed E-state index contributed by atoms with van der Waals surface area (Å²) in [5.74, 6) is 0.950. The van der Waals surface area contributed by atoms with Crippen LogP contribution >= 0.6 is 11.8 Å². The number of carbonyl (C=O) groups excluding carboxylic acids is 1. The van der Waals surface area contributed by atoms with E-state index in [2.05, 4.69) is 19.7 Å². The molecule has 0 N–H and O–H groups in total. The normalized spacial score (nSPS) is 9.53. The molecular formula is C13H19NOSU. The number of Topliss-reactive ketones (excluding diaryl/α,β-unsaturated/α-hetero) is 1. The molecule has 0 aromatic heterocycles. The number of rotatable bonds is 8. The SMILES string of the molecule is C=C/C=C/CSC(=C)C(=C)N(C)CC(C)=O.[U]. The van der Waals surface area contributed by atoms with Crippen LogP contribution < -0.4 is 0 Å². The molecule has 0 aromatic carbocycles. The van der Waals surface area contributed by atoms with Gasteiger partial charge in [0, 0.05) is 54.5 Å². The largest absolute Gasteiger partial charge is 0.367 e. The van der Waals surface area contributed by atoms with E-state index < -0.39 is 0 Å². The molecule has 0 unspecified atom stereocenters. The second-order valence-electron chi connectivity index (χ2n) is 3.40. The summed E-state index contributed by atoms with van der Waals surface area (Å²) in [4.78, 5) is 13.6. The summed E-state index contributed by atoms with van der Waals surface area (Å²) in [7, 11) is 1.84. The average molecular weight is 475 g/mol. The molecule has 0 amide bonds. The Morgan fingerprint density at radius 2 is 2.00 bits per heavy atom. The predicted octanol–water partition coefficient (Wildman–Crippen LogP) is 3.01. The fourth-order valence-corrected chi connectivity index (χ4v) is 1.76. The first kappa shape index (κ1) is 19.2. The van der Waals surface area contributed by atoms with Crippen LogP contribution in [0.2, 0.25) is 0 Å². The van der Waals surface area contributed by atoms with Crippen LogP contribution in [-0.2, 0) is 4.79 Å². The van der Waals surface area contributed by atoms with Crippen LogP contribution in [0.3, 0.4) is 0 Å². The Morgan fingerprint density at radius 3 is 2.47 bits per heavy atom. The van der Waals surface area contributed by atoms with Gasteiger partial charge in [-0.2, -0.15) is 0 Å². The van der Waals surface area contributed by atoms with Gasteiger partial charge in [0.2, 0.25) is 0 Å². The van der Waals surface area contributed by atoms with Gasteiger partial charge in [0.05, 0.1) is 6.54 Å². The van der Waals surface area contributed by atoms with Gasteiger partial charge in [-0.1, -0.05) is 38.0 Å². The Hall–Kier alpha value is -0.168. The third-order valence-corrected chi connectivity index (χ3v) is 2.81. The maximum atomic E-state index is 10.9. The molecule has 4 heteroatoms. The van der Waals surface area contributed by atoms with Gasteiger partial charge < -0.3 is 4.90 Å². The van der Waals surface area contributed by atoms with Gasteiger partial charge >= 0.3 is 0 Å². The van der Waals surface area contributed by atoms with Crippen molar-refractivity contribution in [2.24, 2.45) is 0 Å². The fraction of sp³-hybridized carbons (Fsp3) is 0.308. The van der Waals surface area contributed by atoms with Crippen LogP contribution in [0, 0.1) is 31.1 Å². The number of likely N-dealkylation sites (N-methyl/N-ethyl adjacent to an activating group) is 1. The minimum atomic E-state index is 0. The molecule has 0 saturated heterocycles. The smallest absolute Gasteiger partial charge is 0.149 e. The Bertz CT molecular complexity index is 323. The standard InChI is InChI=1S/C13H19NOS.U/c1-6-7-8-9-16-13(4)12(3)14(5)10-11(2)15;/h6-8H,1,3-4,9-10H2,2,5H3;/b8-7+;. The fourth-order valence-electron chi connectivity index (χ4n) is 1.03. The average Bonchev–Trinajstić information content (AvgIpc) is 2.22. The zero-order valence-electron chi connectivity index (χ0n) is 10.5. The molecule has 0 rings (SSSR count). The predicted molar refractivity (Wildman–Crippen MR) is 73.4 cm³/mol. The van der Waals surface area contributed by atoms with Crippen molar-refractivity contribution in [3.8, 4) is 0 Å². The second kappa shape index (κ2) is 11.0. The molecule has 0 atom stereocenters. The van der Waals surface area contributed by atoms with E-state index >= 15 is 0 Å². The molecule has 0 aliphatic carbocycles. The Balaban J connectivity index is 0. The third-order valence-electron chi connectivity index (χ3n) is 1.87. The van der Waals surface area contributed by atoms with Crippen molar-refractivity contribution < 1.29 is 35.9 Å². The van der Waals surface area contributed by atoms with Gasteiger partial charge in [0.15, 0.2) is 0 Å². The summed E-state index contributed by atoms with van der Waals surface area (Å²) in [6.07, 6.45) is 5.63. The third kappa shape index (κ3) is 9.53. The van der Waals surface area contributed by atoms with Gasteiger partial charge in [-0.3, -0.25) is 4.79 Å². The minimum absolute atomic E-state index is 0. The maximum Gasteiger partial charge on any atom is 0.149 e. The summed E-state index contributed by atoms with van der Waals surface area (Å²) in [5, 5.41) is 0. The number of thioether (sulfide) groups is 1. The summed E-state index contributed by atoms with van der Waals surface area (Å²) >= 11 is 1.60. The van der Waals surface area contributed by atoms with Crippen molar-refractivity contribution in [3.05, 3.63) is 48.6 Å². The molecule has 17 heavy (non-hydrogen) atoms. The van der Waals surface area contributed by atoms with E-state index in [1.165, 1.54) is 0 Å². The van der Waals surface area contributed by atoms with E-state index in [1.807, 2.05) is 24.1 Å². The van der Waals surface area contributed by atoms with Crippen molar-refractivity contribution in [2.45, 2.75) is 6.92 Å². The summed E-state index contributed by atoms with van der Waals surface area (Å²) in [5.41, 5.74) is 0.798. The van der Waals surface area contributed by atoms with Gasteiger partial charge in [-0.25, -0.2) is 0 Å². The molecule has 2 nitrogen and oxygen atoms in total. The van der Waals surface area contributed by atoms with Crippen LogP contribution in [0.1, 0.15) is 6.92 Å². The second-order valence-corrected chi connectivity index (χ2v) is 4.52. The molecule has 0 spiro atoms. The van der Waals surface area contributed by atoms with Gasteiger partial charge in [-0.05, 0) is 6.92 Å². The van der Waals surface area contributed by atoms with Gasteiger partial charge in [0.25, 0.3) is 0 Å². The van der Waals surface area contributed by atoms with Crippen molar-refractivity contribution in [1.82, 2.24) is 4.90 Å². The first-order chi connectivity index (χ1) is 7.49.